The molecule has 6 atom stereocenters. The molecule has 0 bridgehead atoms. The van der Waals surface area contributed by atoms with Gasteiger partial charge in [-0.1, -0.05) is 12.1 Å². The molecule has 0 aromatic heterocycles. The van der Waals surface area contributed by atoms with Crippen LogP contribution in [-0.4, -0.2) is 135 Å². The molecule has 19 heteroatoms. The van der Waals surface area contributed by atoms with Gasteiger partial charge in [-0.05, 0) is 43.9 Å². The van der Waals surface area contributed by atoms with Gasteiger partial charge in [0.1, 0.15) is 29.9 Å². The number of aliphatic carboxylic acids is 1. The van der Waals surface area contributed by atoms with E-state index in [-0.39, 0.29) is 31.7 Å². The normalized spacial score (nSPS) is 20.4. The first-order valence-electron chi connectivity index (χ1n) is 15.5. The molecule has 268 valence electrons. The number of carbonyl (C=O) groups is 8. The molecule has 0 spiro atoms. The van der Waals surface area contributed by atoms with Crippen molar-refractivity contribution in [2.24, 2.45) is 11.5 Å². The quantitative estimate of drug-likeness (QED) is 0.0840. The van der Waals surface area contributed by atoms with E-state index in [4.69, 9.17) is 16.6 Å². The van der Waals surface area contributed by atoms with Crippen molar-refractivity contribution in [2.75, 3.05) is 26.2 Å². The smallest absolute Gasteiger partial charge is 0.326 e. The number of carbonyl (C=O) groups excluding carboxylic acids is 7. The van der Waals surface area contributed by atoms with E-state index < -0.39 is 103 Å². The summed E-state index contributed by atoms with van der Waals surface area (Å²) in [6.45, 7) is 0.140. The lowest BCUT2D eigenvalue weighted by Gasteiger charge is -2.32. The largest absolute Gasteiger partial charge is 0.508 e. The molecule has 11 N–H and O–H groups in total. The van der Waals surface area contributed by atoms with Crippen LogP contribution in [0.4, 0.5) is 0 Å². The highest BCUT2D eigenvalue weighted by Crippen LogP contribution is 2.26. The number of nitrogens with one attached hydrogen (secondary N) is 4. The number of rotatable bonds is 15. The number of benzene rings is 1. The average Bonchev–Trinajstić information content (AvgIpc) is 3.69. The lowest BCUT2D eigenvalue weighted by molar-refractivity contribution is -0.147. The number of phenols is 1. The number of nitrogens with zero attached hydrogens (tertiary/aromatic N) is 2. The zero-order chi connectivity index (χ0) is 36.4. The lowest BCUT2D eigenvalue weighted by Crippen LogP contribution is -2.56. The third-order valence-corrected chi connectivity index (χ3v) is 8.05. The molecule has 0 aliphatic carbocycles. The van der Waals surface area contributed by atoms with Crippen LogP contribution in [0, 0.1) is 0 Å². The van der Waals surface area contributed by atoms with Crippen LogP contribution in [0.5, 0.6) is 5.75 Å². The Balaban J connectivity index is 1.49. The summed E-state index contributed by atoms with van der Waals surface area (Å²) in [5.41, 5.74) is 11.8. The van der Waals surface area contributed by atoms with Crippen molar-refractivity contribution >= 4 is 47.3 Å². The van der Waals surface area contributed by atoms with E-state index >= 15 is 0 Å². The van der Waals surface area contributed by atoms with E-state index in [2.05, 4.69) is 16.0 Å². The second-order valence-electron chi connectivity index (χ2n) is 11.9. The molecule has 49 heavy (non-hydrogen) atoms. The van der Waals surface area contributed by atoms with Gasteiger partial charge in [0.2, 0.25) is 41.4 Å². The van der Waals surface area contributed by atoms with Gasteiger partial charge >= 0.3 is 5.97 Å². The van der Waals surface area contributed by atoms with Gasteiger partial charge in [0, 0.05) is 19.5 Å². The highest BCUT2D eigenvalue weighted by Gasteiger charge is 2.45. The molecule has 0 unspecified atom stereocenters. The fourth-order valence-corrected chi connectivity index (χ4v) is 5.58. The van der Waals surface area contributed by atoms with Crippen molar-refractivity contribution in [1.29, 1.82) is 0 Å². The number of aromatic hydroxyl groups is 1. The van der Waals surface area contributed by atoms with Crippen LogP contribution in [-0.2, 0) is 44.8 Å². The monoisotopic (exact) mass is 690 g/mol. The Morgan fingerprint density at radius 2 is 1.57 bits per heavy atom. The van der Waals surface area contributed by atoms with Gasteiger partial charge in [0.15, 0.2) is 0 Å². The minimum atomic E-state index is -1.59. The molecule has 2 aliphatic rings. The lowest BCUT2D eigenvalue weighted by atomic mass is 10.0. The molecule has 2 aliphatic heterocycles. The van der Waals surface area contributed by atoms with Crippen LogP contribution in [0.25, 0.3) is 0 Å². The third-order valence-electron chi connectivity index (χ3n) is 8.05. The van der Waals surface area contributed by atoms with Crippen molar-refractivity contribution < 1.29 is 53.7 Å². The van der Waals surface area contributed by atoms with Crippen molar-refractivity contribution in [3.63, 3.8) is 0 Å². The first-order chi connectivity index (χ1) is 23.1. The number of likely N-dealkylation sites (tertiary alicyclic amines) is 2. The summed E-state index contributed by atoms with van der Waals surface area (Å²) >= 11 is 0. The number of aliphatic hydroxyl groups excluding tert-OH is 1. The van der Waals surface area contributed by atoms with Gasteiger partial charge in [0.25, 0.3) is 0 Å². The first kappa shape index (κ1) is 38.2. The minimum absolute atomic E-state index is 0.0667. The van der Waals surface area contributed by atoms with Gasteiger partial charge in [-0.3, -0.25) is 33.6 Å². The van der Waals surface area contributed by atoms with Crippen LogP contribution in [0.1, 0.15) is 38.2 Å². The Morgan fingerprint density at radius 1 is 0.939 bits per heavy atom. The number of nitrogens with two attached hydrogens (primary N) is 2. The number of phenolic OH excluding ortho intramolecular Hbond substituents is 1. The van der Waals surface area contributed by atoms with Crippen LogP contribution in [0.3, 0.4) is 0 Å². The number of carboxylic acids is 1. The second-order valence-corrected chi connectivity index (χ2v) is 11.9. The molecule has 7 amide bonds. The summed E-state index contributed by atoms with van der Waals surface area (Å²) in [7, 11) is 0. The van der Waals surface area contributed by atoms with Gasteiger partial charge in [-0.2, -0.15) is 0 Å². The van der Waals surface area contributed by atoms with E-state index in [1.165, 1.54) is 28.9 Å². The molecule has 1 aromatic carbocycles. The summed E-state index contributed by atoms with van der Waals surface area (Å²) in [5, 5.41) is 37.8. The third kappa shape index (κ3) is 10.9. The highest BCUT2D eigenvalue weighted by molar-refractivity contribution is 5.96. The molecule has 19 nitrogen and oxygen atoms in total. The Labute approximate surface area is 280 Å². The van der Waals surface area contributed by atoms with Crippen molar-refractivity contribution in [3.05, 3.63) is 29.8 Å². The average molecular weight is 691 g/mol. The van der Waals surface area contributed by atoms with Gasteiger partial charge < -0.3 is 57.9 Å². The maximum Gasteiger partial charge on any atom is 0.326 e. The molecule has 0 radical (unpaired) electrons. The van der Waals surface area contributed by atoms with E-state index in [1.807, 2.05) is 5.32 Å². The molecule has 2 fully saturated rings. The summed E-state index contributed by atoms with van der Waals surface area (Å²) in [6.07, 6.45) is -0.768. The Bertz CT molecular complexity index is 1440. The standard InChI is InChI=1S/C30H42N8O11/c1-15(26(44)33-13-25(43)36-20(30(48)49)11-23(32)41)35-24(42)12-34-27(45)22-10-18(40)14-38(22)29(47)21-3-2-8-37(21)28(46)19(31)9-16-4-6-17(39)7-5-16/h4-7,15,18-22,39-40H,2-3,8-14,31H2,1H3,(H2,32,41)(H,33,44)(H,34,45)(H,35,42)(H,36,43)(H,48,49)/t15-,18+,19-,20-,21-,22-/m0/s1. The molecule has 0 saturated carbocycles. The number of primary amides is 1. The van der Waals surface area contributed by atoms with E-state index in [1.54, 1.807) is 12.1 Å². The number of amides is 7. The second kappa shape index (κ2) is 17.2. The molecule has 3 rings (SSSR count). The number of hydrogen-bond acceptors (Lipinski definition) is 11. The summed E-state index contributed by atoms with van der Waals surface area (Å²) < 4.78 is 0. The number of hydrogen-bond donors (Lipinski definition) is 9. The van der Waals surface area contributed by atoms with E-state index in [0.29, 0.717) is 12.8 Å². The van der Waals surface area contributed by atoms with Crippen molar-refractivity contribution in [1.82, 2.24) is 31.1 Å². The SMILES string of the molecule is C[C@H](NC(=O)CNC(=O)[C@@H]1C[C@@H](O)CN1C(=O)[C@@H]1CCCN1C(=O)[C@@H](N)Cc1ccc(O)cc1)C(=O)NCC(=O)N[C@@H](CC(N)=O)C(=O)O. The predicted molar refractivity (Wildman–Crippen MR) is 168 cm³/mol. The topological polar surface area (TPSA) is 304 Å². The number of aliphatic hydroxyl groups is 1. The maximum absolute atomic E-state index is 13.6. The molecular formula is C30H42N8O11. The highest BCUT2D eigenvalue weighted by atomic mass is 16.4. The Morgan fingerprint density at radius 3 is 2.20 bits per heavy atom. The van der Waals surface area contributed by atoms with Crippen LogP contribution >= 0.6 is 0 Å². The zero-order valence-corrected chi connectivity index (χ0v) is 26.8. The molecular weight excluding hydrogens is 648 g/mol. The van der Waals surface area contributed by atoms with E-state index in [0.717, 1.165) is 5.56 Å². The van der Waals surface area contributed by atoms with Crippen molar-refractivity contribution in [3.8, 4) is 5.75 Å². The fourth-order valence-electron chi connectivity index (χ4n) is 5.58. The summed E-state index contributed by atoms with van der Waals surface area (Å²) in [6, 6.07) is 0.451. The number of carboxylic acid groups (broad SMARTS) is 1. The Hall–Kier alpha value is -5.30. The first-order valence-corrected chi connectivity index (χ1v) is 15.5. The van der Waals surface area contributed by atoms with E-state index in [9.17, 15) is 48.6 Å². The molecule has 2 heterocycles. The summed E-state index contributed by atoms with van der Waals surface area (Å²) in [4.78, 5) is 101. The van der Waals surface area contributed by atoms with Crippen molar-refractivity contribution in [2.45, 2.75) is 75.3 Å². The zero-order valence-electron chi connectivity index (χ0n) is 26.8. The predicted octanol–water partition coefficient (Wildman–Crippen LogP) is -4.60. The number of β-amino-alcohol motifs (C(OH)–C–C–N with tert-alkyl or cyclic N) is 1. The van der Waals surface area contributed by atoms with Crippen LogP contribution < -0.4 is 32.7 Å². The van der Waals surface area contributed by atoms with Crippen LogP contribution in [0.2, 0.25) is 0 Å². The van der Waals surface area contributed by atoms with Crippen LogP contribution in [0.15, 0.2) is 24.3 Å². The van der Waals surface area contributed by atoms with Gasteiger partial charge in [0.05, 0.1) is 31.7 Å². The maximum atomic E-state index is 13.6. The molecule has 2 saturated heterocycles. The van der Waals surface area contributed by atoms with Gasteiger partial charge in [-0.15, -0.1) is 0 Å². The minimum Gasteiger partial charge on any atom is -0.508 e. The van der Waals surface area contributed by atoms with Gasteiger partial charge in [-0.25, -0.2) is 4.79 Å². The fraction of sp³-hybridized carbons (Fsp3) is 0.533. The Kier molecular flexibility index (Phi) is 13.4. The molecule has 1 aromatic rings. The summed E-state index contributed by atoms with van der Waals surface area (Å²) in [5.74, 6) is -6.65.